The first-order valence-electron chi connectivity index (χ1n) is 16.3. The van der Waals surface area contributed by atoms with Crippen LogP contribution in [0.2, 0.25) is 10.0 Å². The number of carbonyl (C=O) groups is 1. The normalized spacial score (nSPS) is 28.3. The molecule has 2 aliphatic carbocycles. The van der Waals surface area contributed by atoms with Crippen LogP contribution in [0, 0.1) is 11.7 Å². The highest BCUT2D eigenvalue weighted by Gasteiger charge is 2.69. The van der Waals surface area contributed by atoms with Crippen LogP contribution in [0.5, 0.6) is 0 Å². The molecule has 1 amide bonds. The summed E-state index contributed by atoms with van der Waals surface area (Å²) in [6.45, 7) is 1.61. The standard InChI is InChI=1S/C36H35Cl2FN4O/c37-23-12-13-25-27(18-23)41-35(44)36(25)32(24-7-4-8-26(38)33(24)39)31-30(43(36)19-20-9-10-20)15-16-42-29-14-11-22(17-28(29)40-34(31)42)21-5-2-1-3-6-21/h4,7-8,11-14,17-18,20-21,30-32H,1-3,5-6,9-10,15-16,19H2,(H,41,44)/t30?,31-,32+,36-/m1/s1. The largest absolute Gasteiger partial charge is 0.328 e. The molecule has 1 spiro atoms. The number of carbonyl (C=O) groups excluding carboxylic acids is 1. The number of likely N-dealkylation sites (tertiary alicyclic amines) is 1. The van der Waals surface area contributed by atoms with Crippen LogP contribution in [-0.4, -0.2) is 32.9 Å². The number of hydrogen-bond donors (Lipinski definition) is 1. The van der Waals surface area contributed by atoms with Gasteiger partial charge in [0, 0.05) is 47.2 Å². The third-order valence-corrected chi connectivity index (χ3v) is 11.9. The highest BCUT2D eigenvalue weighted by molar-refractivity contribution is 6.31. The van der Waals surface area contributed by atoms with Crippen LogP contribution in [0.3, 0.4) is 0 Å². The minimum atomic E-state index is -1.11. The number of fused-ring (bicyclic) bond motifs is 7. The number of aryl methyl sites for hydroxylation is 1. The third-order valence-electron chi connectivity index (χ3n) is 11.4. The maximum atomic E-state index is 16.3. The molecule has 0 radical (unpaired) electrons. The minimum absolute atomic E-state index is 0.0217. The summed E-state index contributed by atoms with van der Waals surface area (Å²) in [5, 5.41) is 3.82. The Morgan fingerprint density at radius 1 is 0.977 bits per heavy atom. The van der Waals surface area contributed by atoms with Gasteiger partial charge in [0.15, 0.2) is 0 Å². The van der Waals surface area contributed by atoms with Gasteiger partial charge in [-0.3, -0.25) is 9.69 Å². The molecule has 9 rings (SSSR count). The summed E-state index contributed by atoms with van der Waals surface area (Å²) in [6.07, 6.45) is 9.52. The van der Waals surface area contributed by atoms with Crippen LogP contribution in [0.15, 0.2) is 54.6 Å². The van der Waals surface area contributed by atoms with Crippen LogP contribution >= 0.6 is 23.2 Å². The van der Waals surface area contributed by atoms with Crippen LogP contribution in [-0.2, 0) is 16.9 Å². The zero-order valence-corrected chi connectivity index (χ0v) is 26.0. The van der Waals surface area contributed by atoms with Gasteiger partial charge in [-0.1, -0.05) is 66.7 Å². The van der Waals surface area contributed by atoms with Crippen molar-refractivity contribution in [2.45, 2.75) is 87.2 Å². The molecule has 1 N–H and O–H groups in total. The lowest BCUT2D eigenvalue weighted by molar-refractivity contribution is -0.128. The Morgan fingerprint density at radius 2 is 1.82 bits per heavy atom. The first kappa shape index (κ1) is 27.4. The molecule has 0 bridgehead atoms. The predicted molar refractivity (Wildman–Crippen MR) is 172 cm³/mol. The molecule has 44 heavy (non-hydrogen) atoms. The summed E-state index contributed by atoms with van der Waals surface area (Å²) < 4.78 is 18.7. The second-order valence-electron chi connectivity index (χ2n) is 13.7. The fraction of sp³-hybridized carbons (Fsp3) is 0.444. The number of imidazole rings is 1. The highest BCUT2D eigenvalue weighted by atomic mass is 35.5. The van der Waals surface area contributed by atoms with Crippen molar-refractivity contribution in [3.05, 3.63) is 93.0 Å². The Balaban J connectivity index is 1.28. The average Bonchev–Trinajstić information content (AvgIpc) is 3.62. The van der Waals surface area contributed by atoms with Crippen molar-refractivity contribution >= 4 is 45.8 Å². The third kappa shape index (κ3) is 3.86. The number of aromatic nitrogens is 2. The Morgan fingerprint density at radius 3 is 2.64 bits per heavy atom. The molecule has 2 saturated carbocycles. The number of anilines is 1. The molecular formula is C36H35Cl2FN4O. The van der Waals surface area contributed by atoms with Crippen molar-refractivity contribution in [2.75, 3.05) is 11.9 Å². The van der Waals surface area contributed by atoms with Gasteiger partial charge in [0.05, 0.1) is 16.1 Å². The van der Waals surface area contributed by atoms with Crippen molar-refractivity contribution in [1.82, 2.24) is 14.5 Å². The molecule has 4 heterocycles. The topological polar surface area (TPSA) is 50.2 Å². The minimum Gasteiger partial charge on any atom is -0.328 e. The number of rotatable bonds is 4. The number of nitrogens with zero attached hydrogens (tertiary/aromatic N) is 3. The van der Waals surface area contributed by atoms with Crippen molar-refractivity contribution in [3.63, 3.8) is 0 Å². The Kier molecular flexibility index (Phi) is 6.25. The maximum absolute atomic E-state index is 16.3. The SMILES string of the molecule is O=C1Nc2cc(Cl)ccc2[C@@]12[C@@H](c1cccc(Cl)c1F)[C@@H]1c3nc4cc(C5CCCCC5)ccc4n3CCC1N2CC1CC1. The van der Waals surface area contributed by atoms with E-state index in [-0.39, 0.29) is 22.9 Å². The van der Waals surface area contributed by atoms with E-state index in [0.29, 0.717) is 28.1 Å². The monoisotopic (exact) mass is 628 g/mol. The lowest BCUT2D eigenvalue weighted by atomic mass is 9.70. The van der Waals surface area contributed by atoms with Gasteiger partial charge >= 0.3 is 0 Å². The first-order chi connectivity index (χ1) is 21.4. The van der Waals surface area contributed by atoms with Crippen molar-refractivity contribution in [3.8, 4) is 0 Å². The van der Waals surface area contributed by atoms with Crippen LogP contribution in [0.25, 0.3) is 11.0 Å². The molecule has 1 unspecified atom stereocenters. The van der Waals surface area contributed by atoms with Gasteiger partial charge in [-0.25, -0.2) is 9.37 Å². The number of benzene rings is 3. The molecule has 4 aromatic rings. The molecule has 5 aliphatic rings. The van der Waals surface area contributed by atoms with E-state index in [2.05, 4.69) is 33.0 Å². The molecule has 5 nitrogen and oxygen atoms in total. The Bertz CT molecular complexity index is 1830. The summed E-state index contributed by atoms with van der Waals surface area (Å²) >= 11 is 12.9. The molecule has 8 heteroatoms. The van der Waals surface area contributed by atoms with Gasteiger partial charge in [-0.2, -0.15) is 0 Å². The van der Waals surface area contributed by atoms with E-state index in [1.54, 1.807) is 6.07 Å². The Hall–Kier alpha value is -2.93. The van der Waals surface area contributed by atoms with Gasteiger partial charge in [0.25, 0.3) is 0 Å². The van der Waals surface area contributed by atoms with E-state index in [9.17, 15) is 4.79 Å². The van der Waals surface area contributed by atoms with E-state index in [1.165, 1.54) is 37.7 Å². The summed E-state index contributed by atoms with van der Waals surface area (Å²) in [4.78, 5) is 22.5. The quantitative estimate of drug-likeness (QED) is 0.246. The second-order valence-corrected chi connectivity index (χ2v) is 14.6. The van der Waals surface area contributed by atoms with Gasteiger partial charge in [0.1, 0.15) is 17.2 Å². The van der Waals surface area contributed by atoms with Crippen molar-refractivity contribution in [2.24, 2.45) is 5.92 Å². The van der Waals surface area contributed by atoms with E-state index in [1.807, 2.05) is 30.3 Å². The van der Waals surface area contributed by atoms with Gasteiger partial charge in [-0.05, 0) is 85.4 Å². The summed E-state index contributed by atoms with van der Waals surface area (Å²) in [5.74, 6) is 0.773. The lowest BCUT2D eigenvalue weighted by Gasteiger charge is -2.40. The molecule has 3 fully saturated rings. The first-order valence-corrected chi connectivity index (χ1v) is 17.0. The molecular weight excluding hydrogens is 594 g/mol. The predicted octanol–water partition coefficient (Wildman–Crippen LogP) is 8.74. The molecule has 3 aromatic carbocycles. The fourth-order valence-electron chi connectivity index (χ4n) is 9.30. The van der Waals surface area contributed by atoms with E-state index in [0.717, 1.165) is 54.8 Å². The zero-order chi connectivity index (χ0) is 29.7. The average molecular weight is 630 g/mol. The fourth-order valence-corrected chi connectivity index (χ4v) is 9.66. The smallest absolute Gasteiger partial charge is 0.250 e. The molecule has 1 aromatic heterocycles. The van der Waals surface area contributed by atoms with Crippen LogP contribution < -0.4 is 5.32 Å². The molecule has 3 aliphatic heterocycles. The van der Waals surface area contributed by atoms with Gasteiger partial charge in [0.2, 0.25) is 5.91 Å². The van der Waals surface area contributed by atoms with Gasteiger partial charge < -0.3 is 9.88 Å². The van der Waals surface area contributed by atoms with E-state index in [4.69, 9.17) is 28.2 Å². The number of hydrogen-bond acceptors (Lipinski definition) is 3. The molecule has 226 valence electrons. The highest BCUT2D eigenvalue weighted by Crippen LogP contribution is 2.64. The van der Waals surface area contributed by atoms with Gasteiger partial charge in [-0.15, -0.1) is 0 Å². The van der Waals surface area contributed by atoms with E-state index < -0.39 is 17.3 Å². The second kappa shape index (κ2) is 10.0. The number of amides is 1. The maximum Gasteiger partial charge on any atom is 0.250 e. The van der Waals surface area contributed by atoms with Crippen molar-refractivity contribution < 1.29 is 9.18 Å². The number of halogens is 3. The summed E-state index contributed by atoms with van der Waals surface area (Å²) in [6, 6.07) is 17.8. The number of nitrogens with one attached hydrogen (secondary N) is 1. The van der Waals surface area contributed by atoms with Crippen LogP contribution in [0.4, 0.5) is 10.1 Å². The zero-order valence-electron chi connectivity index (χ0n) is 24.5. The van der Waals surface area contributed by atoms with Crippen molar-refractivity contribution in [1.29, 1.82) is 0 Å². The van der Waals surface area contributed by atoms with Crippen LogP contribution in [0.1, 0.15) is 91.6 Å². The van der Waals surface area contributed by atoms with E-state index >= 15 is 4.39 Å². The molecule has 1 saturated heterocycles. The molecule has 4 atom stereocenters. The summed E-state index contributed by atoms with van der Waals surface area (Å²) in [7, 11) is 0. The lowest BCUT2D eigenvalue weighted by Crippen LogP contribution is -2.53. The Labute approximate surface area is 266 Å². The summed E-state index contributed by atoms with van der Waals surface area (Å²) in [5.41, 5.74) is 4.46.